The van der Waals surface area contributed by atoms with Gasteiger partial charge in [-0.25, -0.2) is 14.3 Å². The average molecular weight is 670 g/mol. The maximum Gasteiger partial charge on any atom is 0.410 e. The van der Waals surface area contributed by atoms with Crippen LogP contribution in [0.2, 0.25) is 0 Å². The van der Waals surface area contributed by atoms with Crippen LogP contribution in [0.15, 0.2) is 85.5 Å². The zero-order valence-corrected chi connectivity index (χ0v) is 29.0. The predicted molar refractivity (Wildman–Crippen MR) is 195 cm³/mol. The number of rotatable bonds is 7. The number of nitrogens with zero attached hydrogens (tertiary/aromatic N) is 9. The topological polar surface area (TPSA) is 106 Å². The van der Waals surface area contributed by atoms with Crippen molar-refractivity contribution < 1.29 is 9.53 Å². The second-order valence-corrected chi connectivity index (χ2v) is 13.9. The van der Waals surface area contributed by atoms with Gasteiger partial charge >= 0.3 is 6.09 Å². The fourth-order valence-electron chi connectivity index (χ4n) is 6.67. The van der Waals surface area contributed by atoms with E-state index in [9.17, 15) is 10.1 Å². The van der Waals surface area contributed by atoms with Gasteiger partial charge in [0.2, 0.25) is 0 Å². The fourth-order valence-corrected chi connectivity index (χ4v) is 6.67. The molecule has 7 rings (SSSR count). The van der Waals surface area contributed by atoms with Crippen LogP contribution >= 0.6 is 0 Å². The number of pyridine rings is 3. The first kappa shape index (κ1) is 33.0. The Balaban J connectivity index is 1.04. The molecule has 4 aromatic heterocycles. The molecule has 0 bridgehead atoms. The molecule has 11 nitrogen and oxygen atoms in total. The highest BCUT2D eigenvalue weighted by molar-refractivity contribution is 5.87. The third-order valence-corrected chi connectivity index (χ3v) is 9.39. The summed E-state index contributed by atoms with van der Waals surface area (Å²) in [4.78, 5) is 30.8. The molecule has 5 aromatic rings. The number of benzene rings is 1. The molecule has 2 aliphatic rings. The van der Waals surface area contributed by atoms with E-state index in [1.807, 2.05) is 51.5 Å². The van der Waals surface area contributed by atoms with Gasteiger partial charge in [-0.2, -0.15) is 10.4 Å². The molecule has 256 valence electrons. The van der Waals surface area contributed by atoms with Crippen molar-refractivity contribution in [1.29, 1.82) is 5.26 Å². The van der Waals surface area contributed by atoms with E-state index in [1.54, 1.807) is 15.6 Å². The Morgan fingerprint density at radius 3 is 2.24 bits per heavy atom. The molecule has 0 aliphatic carbocycles. The van der Waals surface area contributed by atoms with Crippen LogP contribution in [0.5, 0.6) is 0 Å². The maximum atomic E-state index is 12.5. The number of hydrogen-bond donors (Lipinski definition) is 0. The quantitative estimate of drug-likeness (QED) is 0.214. The average Bonchev–Trinajstić information content (AvgIpc) is 3.57. The Morgan fingerprint density at radius 2 is 1.58 bits per heavy atom. The zero-order valence-electron chi connectivity index (χ0n) is 29.0. The molecule has 2 aliphatic heterocycles. The minimum Gasteiger partial charge on any atom is -0.444 e. The lowest BCUT2D eigenvalue weighted by molar-refractivity contribution is 0.0240. The number of hydrogen-bond acceptors (Lipinski definition) is 9. The van der Waals surface area contributed by atoms with Gasteiger partial charge in [-0.15, -0.1) is 0 Å². The number of ether oxygens (including phenoxy) is 1. The van der Waals surface area contributed by atoms with Crippen LogP contribution in [0, 0.1) is 11.3 Å². The summed E-state index contributed by atoms with van der Waals surface area (Å²) in [5.74, 6) is 0.960. The molecule has 50 heavy (non-hydrogen) atoms. The van der Waals surface area contributed by atoms with Crippen LogP contribution in [0.4, 0.5) is 16.3 Å². The molecule has 2 fully saturated rings. The third kappa shape index (κ3) is 7.40. The number of nitriles is 1. The first-order valence-electron chi connectivity index (χ1n) is 17.3. The van der Waals surface area contributed by atoms with Crippen LogP contribution < -0.4 is 9.80 Å². The number of carbonyl (C=O) groups is 1. The van der Waals surface area contributed by atoms with Gasteiger partial charge in [0, 0.05) is 112 Å². The summed E-state index contributed by atoms with van der Waals surface area (Å²) < 4.78 is 7.35. The number of amides is 1. The molecular formula is C39H43N9O2. The molecule has 2 saturated heterocycles. The minimum atomic E-state index is -0.503. The highest BCUT2D eigenvalue weighted by Crippen LogP contribution is 2.33. The van der Waals surface area contributed by atoms with Crippen molar-refractivity contribution in [2.24, 2.45) is 0 Å². The van der Waals surface area contributed by atoms with Crippen LogP contribution in [0.25, 0.3) is 27.8 Å². The first-order chi connectivity index (χ1) is 24.2. The molecule has 6 heterocycles. The lowest BCUT2D eigenvalue weighted by Gasteiger charge is -2.36. The monoisotopic (exact) mass is 669 g/mol. The summed E-state index contributed by atoms with van der Waals surface area (Å²) in [5.41, 5.74) is 6.92. The van der Waals surface area contributed by atoms with E-state index < -0.39 is 5.60 Å². The number of carbonyl (C=O) groups excluding carboxylic acids is 1. The molecule has 0 radical (unpaired) electrons. The third-order valence-electron chi connectivity index (χ3n) is 9.39. The molecule has 0 atom stereocenters. The van der Waals surface area contributed by atoms with E-state index in [2.05, 4.69) is 79.4 Å². The van der Waals surface area contributed by atoms with E-state index >= 15 is 0 Å². The van der Waals surface area contributed by atoms with Gasteiger partial charge in [0.05, 0.1) is 17.3 Å². The van der Waals surface area contributed by atoms with Gasteiger partial charge in [0.15, 0.2) is 0 Å². The number of aromatic nitrogens is 4. The van der Waals surface area contributed by atoms with Crippen LogP contribution in [0.1, 0.15) is 32.0 Å². The standard InChI is InChI=1S/C39H43N9O2/c1-39(2,3)50-38(49)47-22-20-45(21-23-47)34-10-7-29(8-11-34)31-24-35(37-32(25-40)27-43-48(37)28-31)30-9-12-36(42-26-30)46-18-16-44(17-19-46)15-13-33-6-4-5-14-41-33/h4-12,14,24,26-28H,13,15-23H2,1-3H3. The van der Waals surface area contributed by atoms with Crippen molar-refractivity contribution in [3.63, 3.8) is 0 Å². The summed E-state index contributed by atoms with van der Waals surface area (Å²) >= 11 is 0. The normalized spacial score (nSPS) is 15.7. The number of anilines is 2. The van der Waals surface area contributed by atoms with Gasteiger partial charge < -0.3 is 19.4 Å². The summed E-state index contributed by atoms with van der Waals surface area (Å²) in [6.07, 6.45) is 8.07. The van der Waals surface area contributed by atoms with Gasteiger partial charge in [-0.3, -0.25) is 9.88 Å². The minimum absolute atomic E-state index is 0.257. The predicted octanol–water partition coefficient (Wildman–Crippen LogP) is 5.75. The second-order valence-electron chi connectivity index (χ2n) is 13.9. The molecule has 0 N–H and O–H groups in total. The largest absolute Gasteiger partial charge is 0.444 e. The Bertz CT molecular complexity index is 1960. The smallest absolute Gasteiger partial charge is 0.410 e. The SMILES string of the molecule is CC(C)(C)OC(=O)N1CCN(c2ccc(-c3cc(-c4ccc(N5CCN(CCc6ccccn6)CC5)nc4)c4c(C#N)cnn4c3)cc2)CC1. The summed E-state index contributed by atoms with van der Waals surface area (Å²) in [7, 11) is 0. The van der Waals surface area contributed by atoms with Crippen LogP contribution in [-0.4, -0.2) is 100.0 Å². The summed E-state index contributed by atoms with van der Waals surface area (Å²) in [6.45, 7) is 13.2. The van der Waals surface area contributed by atoms with Crippen LogP contribution in [0.3, 0.4) is 0 Å². The van der Waals surface area contributed by atoms with Crippen molar-refractivity contribution in [3.05, 3.63) is 96.7 Å². The first-order valence-corrected chi connectivity index (χ1v) is 17.3. The molecule has 1 aromatic carbocycles. The molecule has 0 spiro atoms. The van der Waals surface area contributed by atoms with Crippen molar-refractivity contribution in [2.45, 2.75) is 32.8 Å². The van der Waals surface area contributed by atoms with Gasteiger partial charge in [-0.05, 0) is 68.8 Å². The van der Waals surface area contributed by atoms with Crippen molar-refractivity contribution in [1.82, 2.24) is 29.4 Å². The lowest BCUT2D eigenvalue weighted by atomic mass is 9.99. The molecule has 11 heteroatoms. The molecule has 0 unspecified atom stereocenters. The Kier molecular flexibility index (Phi) is 9.37. The zero-order chi connectivity index (χ0) is 34.7. The van der Waals surface area contributed by atoms with Crippen LogP contribution in [-0.2, 0) is 11.2 Å². The van der Waals surface area contributed by atoms with Crippen molar-refractivity contribution in [3.8, 4) is 28.3 Å². The lowest BCUT2D eigenvalue weighted by Crippen LogP contribution is -2.50. The highest BCUT2D eigenvalue weighted by Gasteiger charge is 2.26. The fraction of sp³-hybridized carbons (Fsp3) is 0.359. The Labute approximate surface area is 293 Å². The van der Waals surface area contributed by atoms with Crippen molar-refractivity contribution >= 4 is 23.1 Å². The number of fused-ring (bicyclic) bond motifs is 1. The molecule has 1 amide bonds. The number of piperazine rings is 2. The molecule has 0 saturated carbocycles. The van der Waals surface area contributed by atoms with Gasteiger partial charge in [-0.1, -0.05) is 18.2 Å². The molecular weight excluding hydrogens is 626 g/mol. The van der Waals surface area contributed by atoms with E-state index in [0.29, 0.717) is 18.7 Å². The van der Waals surface area contributed by atoms with Gasteiger partial charge in [0.1, 0.15) is 17.5 Å². The van der Waals surface area contributed by atoms with E-state index in [0.717, 1.165) is 97.2 Å². The van der Waals surface area contributed by atoms with Crippen molar-refractivity contribution in [2.75, 3.05) is 68.7 Å². The maximum absolute atomic E-state index is 12.5. The summed E-state index contributed by atoms with van der Waals surface area (Å²) in [5, 5.41) is 14.4. The highest BCUT2D eigenvalue weighted by atomic mass is 16.6. The van der Waals surface area contributed by atoms with Gasteiger partial charge in [0.25, 0.3) is 0 Å². The Morgan fingerprint density at radius 1 is 0.840 bits per heavy atom. The Hall–Kier alpha value is -5.47. The second kappa shape index (κ2) is 14.2. The van der Waals surface area contributed by atoms with E-state index in [4.69, 9.17) is 9.72 Å². The summed E-state index contributed by atoms with van der Waals surface area (Å²) in [6, 6.07) is 23.2. The van der Waals surface area contributed by atoms with E-state index in [1.165, 1.54) is 0 Å². The van der Waals surface area contributed by atoms with E-state index in [-0.39, 0.29) is 6.09 Å².